The van der Waals surface area contributed by atoms with Crippen LogP contribution in [-0.2, 0) is 4.74 Å². The number of ether oxygens (including phenoxy) is 1. The molecule has 1 aliphatic heterocycles. The number of rotatable bonds is 7. The van der Waals surface area contributed by atoms with Crippen LogP contribution in [0.25, 0.3) is 11.3 Å². The summed E-state index contributed by atoms with van der Waals surface area (Å²) in [5.41, 5.74) is 2.19. The summed E-state index contributed by atoms with van der Waals surface area (Å²) in [5, 5.41) is 4.11. The van der Waals surface area contributed by atoms with Crippen molar-refractivity contribution in [3.8, 4) is 11.3 Å². The monoisotopic (exact) mass is 450 g/mol. The molecule has 0 radical (unpaired) electrons. The molecule has 1 aromatic carbocycles. The van der Waals surface area contributed by atoms with Gasteiger partial charge in [0, 0.05) is 24.8 Å². The van der Waals surface area contributed by atoms with Gasteiger partial charge in [0.15, 0.2) is 5.11 Å². The molecule has 2 aromatic heterocycles. The van der Waals surface area contributed by atoms with Crippen LogP contribution in [0.1, 0.15) is 33.9 Å². The fourth-order valence-corrected chi connectivity index (χ4v) is 4.18. The van der Waals surface area contributed by atoms with Crippen molar-refractivity contribution in [1.82, 2.24) is 20.1 Å². The van der Waals surface area contributed by atoms with Crippen molar-refractivity contribution in [3.05, 3.63) is 77.8 Å². The van der Waals surface area contributed by atoms with Gasteiger partial charge in [-0.1, -0.05) is 18.2 Å². The third-order valence-corrected chi connectivity index (χ3v) is 5.82. The van der Waals surface area contributed by atoms with Crippen LogP contribution >= 0.6 is 12.2 Å². The van der Waals surface area contributed by atoms with E-state index in [-0.39, 0.29) is 18.1 Å². The second-order valence-electron chi connectivity index (χ2n) is 7.90. The van der Waals surface area contributed by atoms with Crippen LogP contribution in [0.5, 0.6) is 0 Å². The molecule has 3 aromatic rings. The van der Waals surface area contributed by atoms with E-state index < -0.39 is 0 Å². The average molecular weight is 451 g/mol. The third-order valence-electron chi connectivity index (χ3n) is 5.47. The molecule has 0 spiro atoms. The Morgan fingerprint density at radius 3 is 2.78 bits per heavy atom. The van der Waals surface area contributed by atoms with Crippen molar-refractivity contribution in [1.29, 1.82) is 0 Å². The van der Waals surface area contributed by atoms with Crippen LogP contribution in [0.3, 0.4) is 0 Å². The van der Waals surface area contributed by atoms with E-state index in [0.717, 1.165) is 30.1 Å². The van der Waals surface area contributed by atoms with Crippen molar-refractivity contribution in [2.75, 3.05) is 34.3 Å². The lowest BCUT2D eigenvalue weighted by atomic mass is 10.0. The molecule has 4 rings (SSSR count). The third kappa shape index (κ3) is 4.51. The van der Waals surface area contributed by atoms with Crippen molar-refractivity contribution in [2.24, 2.45) is 0 Å². The number of hydrogen-bond donors (Lipinski definition) is 1. The number of hydrogen-bond acceptors (Lipinski definition) is 6. The summed E-state index contributed by atoms with van der Waals surface area (Å²) in [4.78, 5) is 20.8. The summed E-state index contributed by atoms with van der Waals surface area (Å²) in [7, 11) is 5.45. The fourth-order valence-electron chi connectivity index (χ4n) is 3.85. The number of esters is 1. The van der Waals surface area contributed by atoms with E-state index in [1.807, 2.05) is 56.6 Å². The highest BCUT2D eigenvalue weighted by Gasteiger charge is 2.41. The van der Waals surface area contributed by atoms with Crippen LogP contribution < -0.4 is 5.32 Å². The minimum atomic E-state index is -0.381. The van der Waals surface area contributed by atoms with Gasteiger partial charge in [0.25, 0.3) is 0 Å². The Balaban J connectivity index is 1.69. The first-order valence-electron chi connectivity index (χ1n) is 10.4. The zero-order valence-electron chi connectivity index (χ0n) is 18.3. The lowest BCUT2D eigenvalue weighted by Crippen LogP contribution is -2.35. The quantitative estimate of drug-likeness (QED) is 0.432. The van der Waals surface area contributed by atoms with Crippen LogP contribution in [0.4, 0.5) is 0 Å². The molecule has 166 valence electrons. The molecule has 2 atom stereocenters. The largest absolute Gasteiger partial charge is 0.465 e. The Kier molecular flexibility index (Phi) is 6.53. The van der Waals surface area contributed by atoms with Crippen LogP contribution in [0, 0.1) is 0 Å². The second kappa shape index (κ2) is 9.50. The predicted molar refractivity (Wildman–Crippen MR) is 126 cm³/mol. The molecule has 1 saturated heterocycles. The number of nitrogens with zero attached hydrogens (tertiary/aromatic N) is 3. The van der Waals surface area contributed by atoms with E-state index in [1.54, 1.807) is 18.3 Å². The van der Waals surface area contributed by atoms with Gasteiger partial charge >= 0.3 is 5.97 Å². The Labute approximate surface area is 193 Å². The zero-order chi connectivity index (χ0) is 22.7. The molecule has 1 N–H and O–H groups in total. The van der Waals surface area contributed by atoms with E-state index in [4.69, 9.17) is 21.4 Å². The highest BCUT2D eigenvalue weighted by molar-refractivity contribution is 7.80. The van der Waals surface area contributed by atoms with E-state index in [1.165, 1.54) is 7.11 Å². The molecule has 0 unspecified atom stereocenters. The maximum absolute atomic E-state index is 11.9. The molecule has 3 heterocycles. The van der Waals surface area contributed by atoms with Gasteiger partial charge in [0.2, 0.25) is 0 Å². The number of aromatic nitrogens is 1. The first-order chi connectivity index (χ1) is 15.5. The number of methoxy groups -OCH3 is 1. The van der Waals surface area contributed by atoms with Gasteiger partial charge < -0.3 is 24.3 Å². The number of thiocarbonyl (C=S) groups is 1. The summed E-state index contributed by atoms with van der Waals surface area (Å²) in [6, 6.07) is 16.7. The first-order valence-corrected chi connectivity index (χ1v) is 10.8. The SMILES string of the molecule is COC(=O)c1cccc(-c2ccc([C@H]3[C@H](c4ccccn4)NC(=S)N3CCN(C)C)o2)c1. The lowest BCUT2D eigenvalue weighted by molar-refractivity contribution is 0.0601. The molecule has 32 heavy (non-hydrogen) atoms. The lowest BCUT2D eigenvalue weighted by Gasteiger charge is -2.27. The zero-order valence-corrected chi connectivity index (χ0v) is 19.1. The van der Waals surface area contributed by atoms with Crippen molar-refractivity contribution >= 4 is 23.3 Å². The molecule has 0 bridgehead atoms. The van der Waals surface area contributed by atoms with E-state index in [0.29, 0.717) is 16.4 Å². The number of nitrogens with one attached hydrogen (secondary N) is 1. The van der Waals surface area contributed by atoms with Crippen LogP contribution in [-0.4, -0.2) is 60.2 Å². The summed E-state index contributed by atoms with van der Waals surface area (Å²) in [6.45, 7) is 1.60. The van der Waals surface area contributed by atoms with Crippen molar-refractivity contribution in [2.45, 2.75) is 12.1 Å². The molecule has 8 heteroatoms. The van der Waals surface area contributed by atoms with Gasteiger partial charge in [-0.05, 0) is 62.7 Å². The molecule has 0 saturated carbocycles. The number of carbonyl (C=O) groups is 1. The maximum Gasteiger partial charge on any atom is 0.337 e. The number of carbonyl (C=O) groups excluding carboxylic acids is 1. The average Bonchev–Trinajstić information content (AvgIpc) is 3.42. The van der Waals surface area contributed by atoms with E-state index in [2.05, 4.69) is 20.1 Å². The summed E-state index contributed by atoms with van der Waals surface area (Å²) in [6.07, 6.45) is 1.78. The van der Waals surface area contributed by atoms with E-state index >= 15 is 0 Å². The Morgan fingerprint density at radius 2 is 2.06 bits per heavy atom. The highest BCUT2D eigenvalue weighted by Crippen LogP contribution is 2.40. The fraction of sp³-hybridized carbons (Fsp3) is 0.292. The Morgan fingerprint density at radius 1 is 1.22 bits per heavy atom. The minimum Gasteiger partial charge on any atom is -0.465 e. The van der Waals surface area contributed by atoms with Crippen LogP contribution in [0.15, 0.2) is 65.2 Å². The Bertz CT molecular complexity index is 1100. The molecular weight excluding hydrogens is 424 g/mol. The van der Waals surface area contributed by atoms with E-state index in [9.17, 15) is 4.79 Å². The molecule has 1 fully saturated rings. The smallest absolute Gasteiger partial charge is 0.337 e. The first kappa shape index (κ1) is 22.0. The molecule has 7 nitrogen and oxygen atoms in total. The van der Waals surface area contributed by atoms with Gasteiger partial charge in [-0.25, -0.2) is 4.79 Å². The summed E-state index contributed by atoms with van der Waals surface area (Å²) in [5.74, 6) is 1.08. The number of benzene rings is 1. The highest BCUT2D eigenvalue weighted by atomic mass is 32.1. The standard InChI is InChI=1S/C24H26N4O3S/c1-27(2)13-14-28-22(21(26-24(28)32)18-9-4-5-12-25-18)20-11-10-19(31-20)16-7-6-8-17(15-16)23(29)30-3/h4-12,15,21-22H,13-14H2,1-3H3,(H,26,32)/t21-,22-/m0/s1. The van der Waals surface area contributed by atoms with Gasteiger partial charge in [0.05, 0.1) is 24.4 Å². The van der Waals surface area contributed by atoms with Gasteiger partial charge in [-0.2, -0.15) is 0 Å². The topological polar surface area (TPSA) is 70.8 Å². The maximum atomic E-state index is 11.9. The molecular formula is C24H26N4O3S. The molecule has 1 aliphatic rings. The normalized spacial score (nSPS) is 18.1. The summed E-state index contributed by atoms with van der Waals surface area (Å²) < 4.78 is 11.2. The summed E-state index contributed by atoms with van der Waals surface area (Å²) >= 11 is 5.68. The molecule has 0 aliphatic carbocycles. The molecule has 0 amide bonds. The number of likely N-dealkylation sites (N-methyl/N-ethyl adjacent to an activating group) is 1. The van der Waals surface area contributed by atoms with Crippen molar-refractivity contribution in [3.63, 3.8) is 0 Å². The minimum absolute atomic E-state index is 0.133. The van der Waals surface area contributed by atoms with Crippen molar-refractivity contribution < 1.29 is 13.9 Å². The number of furan rings is 1. The predicted octanol–water partition coefficient (Wildman–Crippen LogP) is 3.66. The van der Waals surface area contributed by atoms with Gasteiger partial charge in [-0.15, -0.1) is 0 Å². The number of pyridine rings is 1. The second-order valence-corrected chi connectivity index (χ2v) is 8.28. The van der Waals surface area contributed by atoms with Crippen LogP contribution in [0.2, 0.25) is 0 Å². The van der Waals surface area contributed by atoms with Gasteiger partial charge in [0.1, 0.15) is 17.6 Å². The van der Waals surface area contributed by atoms with Gasteiger partial charge in [-0.3, -0.25) is 4.98 Å². The Hall–Kier alpha value is -3.23.